The second-order valence-electron chi connectivity index (χ2n) is 5.87. The predicted molar refractivity (Wildman–Crippen MR) is 91.5 cm³/mol. The molecule has 122 valence electrons. The molecule has 2 aromatic rings. The first-order valence-corrected chi connectivity index (χ1v) is 7.54. The van der Waals surface area contributed by atoms with Gasteiger partial charge in [-0.1, -0.05) is 32.0 Å². The lowest BCUT2D eigenvalue weighted by molar-refractivity contribution is 0.0948. The van der Waals surface area contributed by atoms with E-state index in [0.717, 1.165) is 24.3 Å². The lowest BCUT2D eigenvalue weighted by Gasteiger charge is -2.11. The molecule has 1 aromatic heterocycles. The number of halogens is 1. The molecule has 2 N–H and O–H groups in total. The number of benzene rings is 1. The molecule has 1 aliphatic heterocycles. The Morgan fingerprint density at radius 1 is 1.30 bits per heavy atom. The van der Waals surface area contributed by atoms with Gasteiger partial charge in [-0.05, 0) is 22.6 Å². The molecule has 0 saturated heterocycles. The van der Waals surface area contributed by atoms with Crippen LogP contribution >= 0.6 is 12.4 Å². The van der Waals surface area contributed by atoms with E-state index in [4.69, 9.17) is 0 Å². The van der Waals surface area contributed by atoms with Gasteiger partial charge in [0, 0.05) is 25.8 Å². The Morgan fingerprint density at radius 3 is 2.87 bits per heavy atom. The topological polar surface area (TPSA) is 66.9 Å². The van der Waals surface area contributed by atoms with Crippen LogP contribution in [0.5, 0.6) is 0 Å². The summed E-state index contributed by atoms with van der Waals surface area (Å²) in [5.41, 5.74) is 5.11. The van der Waals surface area contributed by atoms with Gasteiger partial charge < -0.3 is 10.6 Å². The van der Waals surface area contributed by atoms with Crippen molar-refractivity contribution in [3.63, 3.8) is 0 Å². The van der Waals surface area contributed by atoms with Crippen molar-refractivity contribution >= 4 is 18.3 Å². The van der Waals surface area contributed by atoms with E-state index in [1.54, 1.807) is 6.20 Å². The Kier molecular flexibility index (Phi) is 5.69. The van der Waals surface area contributed by atoms with Gasteiger partial charge in [-0.25, -0.2) is 9.97 Å². The van der Waals surface area contributed by atoms with E-state index >= 15 is 0 Å². The van der Waals surface area contributed by atoms with Gasteiger partial charge >= 0.3 is 0 Å². The summed E-state index contributed by atoms with van der Waals surface area (Å²) in [5, 5.41) is 6.28. The lowest BCUT2D eigenvalue weighted by Crippen LogP contribution is -2.25. The predicted octanol–water partition coefficient (Wildman–Crippen LogP) is 2.56. The SMILES string of the molecule is CC(C)c1ncncc1C(=O)NCc1ccc2c(c1)CNC2.Cl. The summed E-state index contributed by atoms with van der Waals surface area (Å²) in [7, 11) is 0. The van der Waals surface area contributed by atoms with Crippen molar-refractivity contribution in [2.75, 3.05) is 0 Å². The Labute approximate surface area is 142 Å². The molecule has 0 saturated carbocycles. The molecule has 0 unspecified atom stereocenters. The average Bonchev–Trinajstić information content (AvgIpc) is 3.00. The second-order valence-corrected chi connectivity index (χ2v) is 5.87. The molecule has 1 amide bonds. The van der Waals surface area contributed by atoms with E-state index in [1.807, 2.05) is 13.8 Å². The first-order chi connectivity index (χ1) is 10.6. The number of amides is 1. The van der Waals surface area contributed by atoms with Crippen LogP contribution in [0, 0.1) is 0 Å². The minimum Gasteiger partial charge on any atom is -0.348 e. The number of nitrogens with zero attached hydrogens (tertiary/aromatic N) is 2. The summed E-state index contributed by atoms with van der Waals surface area (Å²) in [5.74, 6) is 0.0674. The van der Waals surface area contributed by atoms with E-state index < -0.39 is 0 Å². The number of carbonyl (C=O) groups excluding carboxylic acids is 1. The fourth-order valence-corrected chi connectivity index (χ4v) is 2.71. The molecular formula is C17H21ClN4O. The van der Waals surface area contributed by atoms with Crippen LogP contribution in [0.3, 0.4) is 0 Å². The van der Waals surface area contributed by atoms with Crippen molar-refractivity contribution in [2.45, 2.75) is 39.4 Å². The van der Waals surface area contributed by atoms with Crippen molar-refractivity contribution in [1.29, 1.82) is 0 Å². The summed E-state index contributed by atoms with van der Waals surface area (Å²) in [4.78, 5) is 20.6. The highest BCUT2D eigenvalue weighted by Crippen LogP contribution is 2.18. The monoisotopic (exact) mass is 332 g/mol. The Balaban J connectivity index is 0.00000192. The van der Waals surface area contributed by atoms with Crippen LogP contribution in [0.15, 0.2) is 30.7 Å². The minimum absolute atomic E-state index is 0. The average molecular weight is 333 g/mol. The van der Waals surface area contributed by atoms with Gasteiger partial charge in [0.25, 0.3) is 5.91 Å². The molecule has 1 aromatic carbocycles. The summed E-state index contributed by atoms with van der Waals surface area (Å²) in [6.45, 7) is 6.39. The van der Waals surface area contributed by atoms with Gasteiger partial charge in [0.05, 0.1) is 11.3 Å². The van der Waals surface area contributed by atoms with Crippen LogP contribution < -0.4 is 10.6 Å². The van der Waals surface area contributed by atoms with Crippen LogP contribution in [-0.4, -0.2) is 15.9 Å². The van der Waals surface area contributed by atoms with Gasteiger partial charge in [0.15, 0.2) is 0 Å². The van der Waals surface area contributed by atoms with E-state index in [9.17, 15) is 4.79 Å². The van der Waals surface area contributed by atoms with Crippen LogP contribution in [0.1, 0.15) is 52.5 Å². The van der Waals surface area contributed by atoms with Crippen molar-refractivity contribution < 1.29 is 4.79 Å². The van der Waals surface area contributed by atoms with Crippen LogP contribution in [0.25, 0.3) is 0 Å². The number of fused-ring (bicyclic) bond motifs is 1. The first kappa shape index (κ1) is 17.4. The zero-order valence-electron chi connectivity index (χ0n) is 13.3. The van der Waals surface area contributed by atoms with Crippen molar-refractivity contribution in [3.8, 4) is 0 Å². The maximum absolute atomic E-state index is 12.4. The zero-order valence-corrected chi connectivity index (χ0v) is 14.1. The van der Waals surface area contributed by atoms with Crippen LogP contribution in [0.2, 0.25) is 0 Å². The Bertz CT molecular complexity index is 703. The second kappa shape index (κ2) is 7.53. The maximum Gasteiger partial charge on any atom is 0.254 e. The summed E-state index contributed by atoms with van der Waals surface area (Å²) >= 11 is 0. The fraction of sp³-hybridized carbons (Fsp3) is 0.353. The highest BCUT2D eigenvalue weighted by atomic mass is 35.5. The van der Waals surface area contributed by atoms with E-state index in [2.05, 4.69) is 38.8 Å². The highest BCUT2D eigenvalue weighted by molar-refractivity contribution is 5.95. The van der Waals surface area contributed by atoms with Gasteiger partial charge in [-0.2, -0.15) is 0 Å². The summed E-state index contributed by atoms with van der Waals surface area (Å²) < 4.78 is 0. The number of hydrogen-bond donors (Lipinski definition) is 2. The molecule has 0 spiro atoms. The zero-order chi connectivity index (χ0) is 15.5. The smallest absolute Gasteiger partial charge is 0.254 e. The molecule has 5 nitrogen and oxygen atoms in total. The molecule has 0 radical (unpaired) electrons. The molecule has 6 heteroatoms. The summed E-state index contributed by atoms with van der Waals surface area (Å²) in [6, 6.07) is 6.35. The van der Waals surface area contributed by atoms with Gasteiger partial charge in [-0.15, -0.1) is 12.4 Å². The molecule has 0 atom stereocenters. The molecule has 23 heavy (non-hydrogen) atoms. The molecular weight excluding hydrogens is 312 g/mol. The molecule has 0 fully saturated rings. The highest BCUT2D eigenvalue weighted by Gasteiger charge is 2.15. The number of nitrogens with one attached hydrogen (secondary N) is 2. The number of hydrogen-bond acceptors (Lipinski definition) is 4. The van der Waals surface area contributed by atoms with Crippen molar-refractivity contribution in [1.82, 2.24) is 20.6 Å². The van der Waals surface area contributed by atoms with Crippen molar-refractivity contribution in [3.05, 3.63) is 58.7 Å². The number of carbonyl (C=O) groups is 1. The van der Waals surface area contributed by atoms with E-state index in [-0.39, 0.29) is 24.2 Å². The third kappa shape index (κ3) is 3.86. The molecule has 2 heterocycles. The number of aromatic nitrogens is 2. The maximum atomic E-state index is 12.4. The minimum atomic E-state index is -0.122. The molecule has 1 aliphatic rings. The normalized spacial score (nSPS) is 12.7. The largest absolute Gasteiger partial charge is 0.348 e. The van der Waals surface area contributed by atoms with E-state index in [0.29, 0.717) is 12.1 Å². The van der Waals surface area contributed by atoms with Gasteiger partial charge in [0.2, 0.25) is 0 Å². The summed E-state index contributed by atoms with van der Waals surface area (Å²) in [6.07, 6.45) is 3.07. The standard InChI is InChI=1S/C17H20N4O.ClH/c1-11(2)16-15(9-19-10-21-16)17(22)20-6-12-3-4-13-7-18-8-14(13)5-12;/h3-5,9-11,18H,6-8H2,1-2H3,(H,20,22);1H. The van der Waals surface area contributed by atoms with Gasteiger partial charge in [-0.3, -0.25) is 4.79 Å². The number of rotatable bonds is 4. The van der Waals surface area contributed by atoms with Crippen LogP contribution in [-0.2, 0) is 19.6 Å². The van der Waals surface area contributed by atoms with Crippen LogP contribution in [0.4, 0.5) is 0 Å². The quantitative estimate of drug-likeness (QED) is 0.903. The van der Waals surface area contributed by atoms with Crippen molar-refractivity contribution in [2.24, 2.45) is 0 Å². The van der Waals surface area contributed by atoms with Gasteiger partial charge in [0.1, 0.15) is 6.33 Å². The molecule has 3 rings (SSSR count). The fourth-order valence-electron chi connectivity index (χ4n) is 2.71. The van der Waals surface area contributed by atoms with E-state index in [1.165, 1.54) is 17.5 Å². The molecule has 0 bridgehead atoms. The third-order valence-corrected chi connectivity index (χ3v) is 3.89. The third-order valence-electron chi connectivity index (χ3n) is 3.89. The Hall–Kier alpha value is -1.98. The first-order valence-electron chi connectivity index (χ1n) is 7.54. The lowest BCUT2D eigenvalue weighted by atomic mass is 10.0. The Morgan fingerprint density at radius 2 is 2.09 bits per heavy atom. The molecule has 0 aliphatic carbocycles.